The molecule has 0 atom stereocenters. The fraction of sp³-hybridized carbons (Fsp3) is 0.172. The minimum absolute atomic E-state index is 0.00463. The first-order valence-corrected chi connectivity index (χ1v) is 14.3. The Morgan fingerprint density at radius 2 is 1.76 bits per heavy atom. The maximum absolute atomic E-state index is 13.7. The predicted octanol–water partition coefficient (Wildman–Crippen LogP) is 4.30. The number of primary amides is 1. The summed E-state index contributed by atoms with van der Waals surface area (Å²) in [7, 11) is 1.24. The van der Waals surface area contributed by atoms with Crippen molar-refractivity contribution >= 4 is 51.1 Å². The summed E-state index contributed by atoms with van der Waals surface area (Å²) < 4.78 is 7.47. The summed E-state index contributed by atoms with van der Waals surface area (Å²) in [4.78, 5) is 56.8. The van der Waals surface area contributed by atoms with Gasteiger partial charge in [0.2, 0.25) is 0 Å². The minimum atomic E-state index is -0.667. The zero-order valence-corrected chi connectivity index (χ0v) is 24.0. The van der Waals surface area contributed by atoms with Crippen molar-refractivity contribution in [3.05, 3.63) is 98.3 Å². The number of aryl methyl sites for hydroxylation is 2. The number of thioether (sulfide) groups is 1. The third-order valence-electron chi connectivity index (χ3n) is 6.43. The molecule has 0 spiro atoms. The number of rotatable bonds is 8. The van der Waals surface area contributed by atoms with E-state index < -0.39 is 17.8 Å². The predicted molar refractivity (Wildman–Crippen MR) is 158 cm³/mol. The van der Waals surface area contributed by atoms with Gasteiger partial charge >= 0.3 is 5.97 Å². The van der Waals surface area contributed by atoms with Crippen LogP contribution in [0, 0.1) is 13.8 Å². The average molecular weight is 588 g/mol. The number of aromatic nitrogens is 4. The Morgan fingerprint density at radius 1 is 1.05 bits per heavy atom. The topological polar surface area (TPSA) is 139 Å². The van der Waals surface area contributed by atoms with E-state index in [2.05, 4.69) is 10.1 Å². The van der Waals surface area contributed by atoms with E-state index in [9.17, 15) is 19.2 Å². The lowest BCUT2D eigenvalue weighted by molar-refractivity contribution is 0.0593. The van der Waals surface area contributed by atoms with Gasteiger partial charge < -0.3 is 10.5 Å². The number of fused-ring (bicyclic) bond motifs is 1. The number of nitrogens with two attached hydrogens (primary N) is 1. The second kappa shape index (κ2) is 11.5. The number of amides is 1. The zero-order chi connectivity index (χ0) is 29.3. The molecule has 12 heteroatoms. The summed E-state index contributed by atoms with van der Waals surface area (Å²) in [5.74, 6) is -1.87. The molecule has 0 aliphatic carbocycles. The quantitative estimate of drug-likeness (QED) is 0.161. The molecule has 0 fully saturated rings. The number of esters is 1. The maximum atomic E-state index is 13.7. The van der Waals surface area contributed by atoms with E-state index in [4.69, 9.17) is 10.5 Å². The van der Waals surface area contributed by atoms with Crippen molar-refractivity contribution in [3.8, 4) is 11.3 Å². The molecule has 0 unspecified atom stereocenters. The largest absolute Gasteiger partial charge is 0.464 e. The van der Waals surface area contributed by atoms with Gasteiger partial charge in [-0.2, -0.15) is 9.78 Å². The van der Waals surface area contributed by atoms with E-state index in [0.717, 1.165) is 34.2 Å². The highest BCUT2D eigenvalue weighted by molar-refractivity contribution is 7.99. The molecular formula is C29H25N5O5S2. The van der Waals surface area contributed by atoms with Crippen molar-refractivity contribution in [2.45, 2.75) is 25.5 Å². The monoisotopic (exact) mass is 587 g/mol. The lowest BCUT2D eigenvalue weighted by Crippen LogP contribution is -2.25. The summed E-state index contributed by atoms with van der Waals surface area (Å²) in [5.41, 5.74) is 8.72. The van der Waals surface area contributed by atoms with Crippen molar-refractivity contribution in [2.75, 3.05) is 12.9 Å². The van der Waals surface area contributed by atoms with E-state index in [0.29, 0.717) is 32.2 Å². The van der Waals surface area contributed by atoms with Crippen LogP contribution in [0.3, 0.4) is 0 Å². The molecule has 2 aromatic carbocycles. The van der Waals surface area contributed by atoms with E-state index in [1.165, 1.54) is 22.4 Å². The summed E-state index contributed by atoms with van der Waals surface area (Å²) in [6, 6.07) is 18.4. The van der Waals surface area contributed by atoms with Gasteiger partial charge in [-0.1, -0.05) is 71.9 Å². The molecule has 0 saturated heterocycles. The number of nitrogens with zero attached hydrogens (tertiary/aromatic N) is 4. The van der Waals surface area contributed by atoms with Gasteiger partial charge in [0, 0.05) is 5.56 Å². The number of carbonyl (C=O) groups is 3. The molecule has 0 aliphatic rings. The van der Waals surface area contributed by atoms with Gasteiger partial charge in [-0.3, -0.25) is 19.0 Å². The molecule has 2 N–H and O–H groups in total. The van der Waals surface area contributed by atoms with Crippen molar-refractivity contribution in [1.29, 1.82) is 0 Å². The molecule has 3 aromatic heterocycles. The first kappa shape index (κ1) is 28.0. The van der Waals surface area contributed by atoms with Crippen molar-refractivity contribution in [1.82, 2.24) is 19.3 Å². The Balaban J connectivity index is 1.54. The number of hydrogen-bond donors (Lipinski definition) is 1. The number of carbonyl (C=O) groups excluding carboxylic acids is 3. The Hall–Kier alpha value is -4.55. The highest BCUT2D eigenvalue weighted by Crippen LogP contribution is 2.30. The summed E-state index contributed by atoms with van der Waals surface area (Å²) in [6.45, 7) is 3.83. The van der Waals surface area contributed by atoms with Crippen LogP contribution in [-0.4, -0.2) is 50.0 Å². The first-order chi connectivity index (χ1) is 19.7. The van der Waals surface area contributed by atoms with Gasteiger partial charge in [0.1, 0.15) is 4.83 Å². The number of ether oxygens (including phenoxy) is 1. The number of thiophene rings is 1. The van der Waals surface area contributed by atoms with Gasteiger partial charge in [0.25, 0.3) is 17.4 Å². The highest BCUT2D eigenvalue weighted by atomic mass is 32.2. The van der Waals surface area contributed by atoms with Crippen LogP contribution in [0.25, 0.3) is 21.5 Å². The Kier molecular flexibility index (Phi) is 7.86. The fourth-order valence-corrected chi connectivity index (χ4v) is 6.26. The molecule has 5 aromatic rings. The van der Waals surface area contributed by atoms with Gasteiger partial charge in [0.05, 0.1) is 35.4 Å². The van der Waals surface area contributed by atoms with Crippen LogP contribution in [0.15, 0.2) is 70.6 Å². The van der Waals surface area contributed by atoms with Crippen LogP contribution in [0.1, 0.15) is 41.6 Å². The smallest absolute Gasteiger partial charge is 0.358 e. The van der Waals surface area contributed by atoms with Crippen LogP contribution >= 0.6 is 23.1 Å². The molecular weight excluding hydrogens is 562 g/mol. The molecule has 0 aliphatic heterocycles. The van der Waals surface area contributed by atoms with Gasteiger partial charge in [-0.05, 0) is 31.0 Å². The van der Waals surface area contributed by atoms with Crippen LogP contribution in [0.2, 0.25) is 0 Å². The second-order valence-corrected chi connectivity index (χ2v) is 11.2. The molecule has 0 bridgehead atoms. The lowest BCUT2D eigenvalue weighted by atomic mass is 10.1. The van der Waals surface area contributed by atoms with E-state index in [-0.39, 0.29) is 28.4 Å². The second-order valence-electron chi connectivity index (χ2n) is 9.24. The van der Waals surface area contributed by atoms with Crippen molar-refractivity contribution in [3.63, 3.8) is 0 Å². The average Bonchev–Trinajstić information content (AvgIpc) is 3.56. The molecule has 3 heterocycles. The first-order valence-electron chi connectivity index (χ1n) is 12.5. The van der Waals surface area contributed by atoms with Crippen LogP contribution in [-0.2, 0) is 11.3 Å². The van der Waals surface area contributed by atoms with Gasteiger partial charge in [-0.15, -0.1) is 11.3 Å². The molecule has 0 saturated carbocycles. The Morgan fingerprint density at radius 3 is 2.41 bits per heavy atom. The third kappa shape index (κ3) is 5.56. The molecule has 10 nitrogen and oxygen atoms in total. The summed E-state index contributed by atoms with van der Waals surface area (Å²) >= 11 is 2.12. The fourth-order valence-electron chi connectivity index (χ4n) is 4.34. The third-order valence-corrected chi connectivity index (χ3v) is 8.60. The lowest BCUT2D eigenvalue weighted by Gasteiger charge is -2.13. The molecule has 1 amide bonds. The van der Waals surface area contributed by atoms with Gasteiger partial charge in [-0.25, -0.2) is 9.78 Å². The van der Waals surface area contributed by atoms with E-state index in [1.807, 2.05) is 61.5 Å². The number of methoxy groups -OCH3 is 1. The summed E-state index contributed by atoms with van der Waals surface area (Å²) in [5, 5.41) is 4.85. The number of benzene rings is 2. The number of hydrogen-bond acceptors (Lipinski definition) is 9. The maximum Gasteiger partial charge on any atom is 0.358 e. The standard InChI is InChI=1S/C29H25N5O5S2/c1-16-9-11-19(12-10-16)21-13-20(28(38)39-3)32-34(21)22(35)15-40-29-31-26-23(17(2)24(41-26)25(30)36)27(37)33(29)14-18-7-5-4-6-8-18/h4-13H,14-15H2,1-3H3,(H2,30,36). The summed E-state index contributed by atoms with van der Waals surface area (Å²) in [6.07, 6.45) is 0. The Labute approximate surface area is 242 Å². The zero-order valence-electron chi connectivity index (χ0n) is 22.4. The SMILES string of the molecule is COC(=O)c1cc(-c2ccc(C)cc2)n(C(=O)CSc2nc3sc(C(N)=O)c(C)c3c(=O)n2Cc2ccccc2)n1. The van der Waals surface area contributed by atoms with Crippen molar-refractivity contribution in [2.24, 2.45) is 5.73 Å². The van der Waals surface area contributed by atoms with Crippen LogP contribution in [0.5, 0.6) is 0 Å². The van der Waals surface area contributed by atoms with E-state index >= 15 is 0 Å². The molecule has 208 valence electrons. The van der Waals surface area contributed by atoms with Crippen LogP contribution in [0.4, 0.5) is 0 Å². The minimum Gasteiger partial charge on any atom is -0.464 e. The Bertz CT molecular complexity index is 1860. The normalized spacial score (nSPS) is 11.1. The molecule has 0 radical (unpaired) electrons. The van der Waals surface area contributed by atoms with Crippen LogP contribution < -0.4 is 11.3 Å². The molecule has 5 rings (SSSR count). The van der Waals surface area contributed by atoms with Crippen molar-refractivity contribution < 1.29 is 19.1 Å². The van der Waals surface area contributed by atoms with E-state index in [1.54, 1.807) is 6.92 Å². The highest BCUT2D eigenvalue weighted by Gasteiger charge is 2.23. The van der Waals surface area contributed by atoms with Gasteiger partial charge in [0.15, 0.2) is 10.9 Å². The molecule has 41 heavy (non-hydrogen) atoms.